The molecule has 8 heteroatoms. The molecule has 26 heavy (non-hydrogen) atoms. The molecule has 1 aliphatic heterocycles. The van der Waals surface area contributed by atoms with E-state index in [0.29, 0.717) is 30.2 Å². The van der Waals surface area contributed by atoms with Crippen LogP contribution < -0.4 is 4.90 Å². The van der Waals surface area contributed by atoms with Gasteiger partial charge in [0.15, 0.2) is 17.3 Å². The summed E-state index contributed by atoms with van der Waals surface area (Å²) in [6.07, 6.45) is 1.63. The average Bonchev–Trinajstić information content (AvgIpc) is 3.16. The number of nitrogens with zero attached hydrogens (tertiary/aromatic N) is 5. The number of fused-ring (bicyclic) bond motifs is 1. The Balaban J connectivity index is 1.73. The van der Waals surface area contributed by atoms with Crippen LogP contribution in [-0.2, 0) is 4.74 Å². The molecule has 4 rings (SSSR count). The van der Waals surface area contributed by atoms with Crippen molar-refractivity contribution >= 4 is 22.9 Å². The first-order chi connectivity index (χ1) is 12.6. The molecule has 0 radical (unpaired) electrons. The monoisotopic (exact) mass is 352 g/mol. The number of carbonyl (C=O) groups excluding carboxylic acids is 1. The van der Waals surface area contributed by atoms with Crippen LogP contribution in [0, 0.1) is 0 Å². The molecule has 0 bridgehead atoms. The van der Waals surface area contributed by atoms with Crippen LogP contribution >= 0.6 is 0 Å². The van der Waals surface area contributed by atoms with Crippen LogP contribution in [0.3, 0.4) is 0 Å². The molecule has 0 aliphatic carbocycles. The Hall–Kier alpha value is -3.00. The van der Waals surface area contributed by atoms with E-state index in [9.17, 15) is 4.79 Å². The predicted octanol–water partition coefficient (Wildman–Crippen LogP) is 1.56. The van der Waals surface area contributed by atoms with E-state index >= 15 is 0 Å². The second kappa shape index (κ2) is 6.72. The van der Waals surface area contributed by atoms with Gasteiger partial charge in [-0.1, -0.05) is 12.1 Å². The highest BCUT2D eigenvalue weighted by Gasteiger charge is 2.19. The molecule has 1 aromatic carbocycles. The number of aromatic amines is 1. The first-order valence-corrected chi connectivity index (χ1v) is 8.49. The van der Waals surface area contributed by atoms with Crippen LogP contribution in [0.2, 0.25) is 0 Å². The minimum atomic E-state index is -0.0331. The summed E-state index contributed by atoms with van der Waals surface area (Å²) >= 11 is 0. The van der Waals surface area contributed by atoms with Crippen LogP contribution in [0.4, 0.5) is 5.82 Å². The van der Waals surface area contributed by atoms with Gasteiger partial charge in [-0.05, 0) is 12.1 Å². The van der Waals surface area contributed by atoms with E-state index in [4.69, 9.17) is 9.72 Å². The molecule has 3 heterocycles. The molecule has 1 aliphatic rings. The first-order valence-electron chi connectivity index (χ1n) is 8.49. The fraction of sp³-hybridized carbons (Fsp3) is 0.333. The third kappa shape index (κ3) is 2.99. The van der Waals surface area contributed by atoms with Gasteiger partial charge in [-0.2, -0.15) is 0 Å². The third-order valence-electron chi connectivity index (χ3n) is 4.37. The summed E-state index contributed by atoms with van der Waals surface area (Å²) < 4.78 is 5.44. The van der Waals surface area contributed by atoms with Crippen molar-refractivity contribution in [2.75, 3.05) is 45.3 Å². The van der Waals surface area contributed by atoms with Gasteiger partial charge in [0.05, 0.1) is 19.5 Å². The van der Waals surface area contributed by atoms with E-state index in [1.54, 1.807) is 37.5 Å². The summed E-state index contributed by atoms with van der Waals surface area (Å²) in [6.45, 7) is 2.91. The van der Waals surface area contributed by atoms with E-state index in [2.05, 4.69) is 19.9 Å². The highest BCUT2D eigenvalue weighted by Crippen LogP contribution is 2.26. The van der Waals surface area contributed by atoms with Crippen LogP contribution in [0.15, 0.2) is 30.6 Å². The summed E-state index contributed by atoms with van der Waals surface area (Å²) in [5.41, 5.74) is 2.94. The highest BCUT2D eigenvalue weighted by atomic mass is 16.5. The first kappa shape index (κ1) is 16.5. The smallest absolute Gasteiger partial charge is 0.253 e. The lowest BCUT2D eigenvalue weighted by Crippen LogP contribution is -2.37. The van der Waals surface area contributed by atoms with Crippen molar-refractivity contribution in [3.63, 3.8) is 0 Å². The molecule has 2 aromatic heterocycles. The topological polar surface area (TPSA) is 87.2 Å². The SMILES string of the molecule is CN(C)C(=O)c1ccc(-c2nc(N3CCOCC3)c3[nH]cnc3n2)cc1. The lowest BCUT2D eigenvalue weighted by atomic mass is 10.1. The van der Waals surface area contributed by atoms with Crippen LogP contribution in [0.1, 0.15) is 10.4 Å². The molecule has 0 atom stereocenters. The van der Waals surface area contributed by atoms with Crippen LogP contribution in [-0.4, -0.2) is 71.1 Å². The Morgan fingerprint density at radius 2 is 1.88 bits per heavy atom. The fourth-order valence-electron chi connectivity index (χ4n) is 2.97. The molecule has 3 aromatic rings. The van der Waals surface area contributed by atoms with Crippen LogP contribution in [0.5, 0.6) is 0 Å². The van der Waals surface area contributed by atoms with Gasteiger partial charge in [-0.15, -0.1) is 0 Å². The number of amides is 1. The molecular weight excluding hydrogens is 332 g/mol. The number of benzene rings is 1. The summed E-state index contributed by atoms with van der Waals surface area (Å²) in [5, 5.41) is 0. The van der Waals surface area contributed by atoms with Crippen molar-refractivity contribution in [3.8, 4) is 11.4 Å². The maximum atomic E-state index is 12.1. The number of aromatic nitrogens is 4. The molecular formula is C18H20N6O2. The Morgan fingerprint density at radius 3 is 2.58 bits per heavy atom. The molecule has 1 N–H and O–H groups in total. The number of carbonyl (C=O) groups is 1. The Morgan fingerprint density at radius 1 is 1.15 bits per heavy atom. The maximum Gasteiger partial charge on any atom is 0.253 e. The van der Waals surface area contributed by atoms with Gasteiger partial charge in [0.1, 0.15) is 5.52 Å². The number of nitrogens with one attached hydrogen (secondary N) is 1. The number of anilines is 1. The van der Waals surface area contributed by atoms with Crippen molar-refractivity contribution in [2.24, 2.45) is 0 Å². The van der Waals surface area contributed by atoms with Gasteiger partial charge in [0.25, 0.3) is 5.91 Å². The van der Waals surface area contributed by atoms with Gasteiger partial charge < -0.3 is 19.5 Å². The van der Waals surface area contributed by atoms with Gasteiger partial charge in [0.2, 0.25) is 0 Å². The van der Waals surface area contributed by atoms with Crippen molar-refractivity contribution in [1.29, 1.82) is 0 Å². The standard InChI is InChI=1S/C18H20N6O2/c1-23(2)18(25)13-5-3-12(4-6-13)15-21-16-14(19-11-20-16)17(22-15)24-7-9-26-10-8-24/h3-6,11H,7-10H2,1-2H3,(H,19,20,21,22). The predicted molar refractivity (Wildman–Crippen MR) is 98.2 cm³/mol. The Kier molecular flexibility index (Phi) is 4.26. The molecule has 0 spiro atoms. The molecule has 8 nitrogen and oxygen atoms in total. The van der Waals surface area contributed by atoms with E-state index in [1.807, 2.05) is 12.1 Å². The molecule has 134 valence electrons. The van der Waals surface area contributed by atoms with Crippen LogP contribution in [0.25, 0.3) is 22.6 Å². The lowest BCUT2D eigenvalue weighted by Gasteiger charge is -2.28. The lowest BCUT2D eigenvalue weighted by molar-refractivity contribution is 0.0827. The number of rotatable bonds is 3. The van der Waals surface area contributed by atoms with Gasteiger partial charge in [0, 0.05) is 38.3 Å². The number of hydrogen-bond donors (Lipinski definition) is 1. The van der Waals surface area contributed by atoms with E-state index in [1.165, 1.54) is 0 Å². The van der Waals surface area contributed by atoms with Gasteiger partial charge in [-0.25, -0.2) is 15.0 Å². The minimum absolute atomic E-state index is 0.0331. The largest absolute Gasteiger partial charge is 0.378 e. The fourth-order valence-corrected chi connectivity index (χ4v) is 2.97. The average molecular weight is 352 g/mol. The molecule has 1 saturated heterocycles. The maximum absolute atomic E-state index is 12.1. The minimum Gasteiger partial charge on any atom is -0.378 e. The second-order valence-electron chi connectivity index (χ2n) is 6.35. The number of H-pyrrole nitrogens is 1. The van der Waals surface area contributed by atoms with Crippen molar-refractivity contribution in [2.45, 2.75) is 0 Å². The molecule has 1 amide bonds. The van der Waals surface area contributed by atoms with E-state index in [0.717, 1.165) is 30.0 Å². The normalized spacial score (nSPS) is 14.6. The summed E-state index contributed by atoms with van der Waals surface area (Å²) in [5.74, 6) is 1.39. The third-order valence-corrected chi connectivity index (χ3v) is 4.37. The summed E-state index contributed by atoms with van der Waals surface area (Å²) in [4.78, 5) is 32.6. The number of ether oxygens (including phenoxy) is 1. The molecule has 0 saturated carbocycles. The zero-order valence-electron chi connectivity index (χ0n) is 14.8. The van der Waals surface area contributed by atoms with Gasteiger partial charge in [-0.3, -0.25) is 4.79 Å². The number of imidazole rings is 1. The Labute approximate surface area is 150 Å². The zero-order valence-corrected chi connectivity index (χ0v) is 14.8. The second-order valence-corrected chi connectivity index (χ2v) is 6.35. The van der Waals surface area contributed by atoms with E-state index < -0.39 is 0 Å². The highest BCUT2D eigenvalue weighted by molar-refractivity contribution is 5.94. The van der Waals surface area contributed by atoms with Crippen molar-refractivity contribution in [1.82, 2.24) is 24.8 Å². The molecule has 1 fully saturated rings. The quantitative estimate of drug-likeness (QED) is 0.770. The van der Waals surface area contributed by atoms with Crippen molar-refractivity contribution < 1.29 is 9.53 Å². The summed E-state index contributed by atoms with van der Waals surface area (Å²) in [7, 11) is 3.47. The summed E-state index contributed by atoms with van der Waals surface area (Å²) in [6, 6.07) is 7.33. The number of hydrogen-bond acceptors (Lipinski definition) is 6. The number of morpholine rings is 1. The van der Waals surface area contributed by atoms with Crippen molar-refractivity contribution in [3.05, 3.63) is 36.2 Å². The Bertz CT molecular complexity index is 929. The molecule has 0 unspecified atom stereocenters. The van der Waals surface area contributed by atoms with Gasteiger partial charge >= 0.3 is 0 Å². The van der Waals surface area contributed by atoms with E-state index in [-0.39, 0.29) is 5.91 Å². The zero-order chi connectivity index (χ0) is 18.1.